The lowest BCUT2D eigenvalue weighted by Crippen LogP contribution is -2.41. The van der Waals surface area contributed by atoms with Gasteiger partial charge in [0, 0.05) is 26.7 Å². The Labute approximate surface area is 97.1 Å². The van der Waals surface area contributed by atoms with Gasteiger partial charge >= 0.3 is 5.69 Å². The second-order valence-corrected chi connectivity index (χ2v) is 3.80. The van der Waals surface area contributed by atoms with Gasteiger partial charge in [0.15, 0.2) is 11.2 Å². The van der Waals surface area contributed by atoms with Crippen LogP contribution in [0.25, 0.3) is 11.2 Å². The first-order valence-corrected chi connectivity index (χ1v) is 5.46. The molecule has 0 spiro atoms. The number of nitrogens with zero attached hydrogens (tertiary/aromatic N) is 4. The van der Waals surface area contributed by atoms with Crippen LogP contribution in [0, 0.1) is 0 Å². The minimum Gasteiger partial charge on any atom is -0.329 e. The molecule has 0 fully saturated rings. The van der Waals surface area contributed by atoms with Gasteiger partial charge in [0.05, 0.1) is 6.33 Å². The Balaban J connectivity index is 2.97. The highest BCUT2D eigenvalue weighted by molar-refractivity contribution is 5.69. The average Bonchev–Trinajstić information content (AvgIpc) is 2.67. The normalized spacial score (nSPS) is 11.2. The first-order valence-electron chi connectivity index (χ1n) is 5.46. The molecular formula is C10H15N5O2. The van der Waals surface area contributed by atoms with Crippen LogP contribution in [0.3, 0.4) is 0 Å². The molecule has 0 aliphatic rings. The first-order chi connectivity index (χ1) is 8.11. The average molecular weight is 237 g/mol. The van der Waals surface area contributed by atoms with Crippen molar-refractivity contribution in [1.29, 1.82) is 0 Å². The monoisotopic (exact) mass is 237 g/mol. The van der Waals surface area contributed by atoms with E-state index >= 15 is 0 Å². The summed E-state index contributed by atoms with van der Waals surface area (Å²) >= 11 is 0. The Bertz CT molecular complexity index is 664. The third-order valence-electron chi connectivity index (χ3n) is 2.75. The fourth-order valence-corrected chi connectivity index (χ4v) is 1.92. The summed E-state index contributed by atoms with van der Waals surface area (Å²) in [5.41, 5.74) is 5.59. The lowest BCUT2D eigenvalue weighted by Gasteiger charge is -2.09. The van der Waals surface area contributed by atoms with E-state index in [9.17, 15) is 9.59 Å². The molecule has 92 valence electrons. The van der Waals surface area contributed by atoms with Gasteiger partial charge in [-0.15, -0.1) is 0 Å². The summed E-state index contributed by atoms with van der Waals surface area (Å²) in [6.45, 7) is 2.78. The van der Waals surface area contributed by atoms with Crippen molar-refractivity contribution < 1.29 is 0 Å². The van der Waals surface area contributed by atoms with Crippen molar-refractivity contribution in [3.8, 4) is 0 Å². The predicted molar refractivity (Wildman–Crippen MR) is 64.0 cm³/mol. The molecule has 0 amide bonds. The van der Waals surface area contributed by atoms with Gasteiger partial charge in [0.25, 0.3) is 5.56 Å². The smallest absolute Gasteiger partial charge is 0.329 e. The fourth-order valence-electron chi connectivity index (χ4n) is 1.92. The Kier molecular flexibility index (Phi) is 2.84. The molecule has 0 unspecified atom stereocenters. The van der Waals surface area contributed by atoms with Crippen molar-refractivity contribution in [2.24, 2.45) is 12.8 Å². The largest absolute Gasteiger partial charge is 0.332 e. The number of nitrogens with two attached hydrogens (primary N) is 1. The number of rotatable bonds is 3. The van der Waals surface area contributed by atoms with Crippen molar-refractivity contribution >= 4 is 11.2 Å². The van der Waals surface area contributed by atoms with Gasteiger partial charge in [0.2, 0.25) is 0 Å². The highest BCUT2D eigenvalue weighted by Gasteiger charge is 2.15. The summed E-state index contributed by atoms with van der Waals surface area (Å²) in [5.74, 6) is 0. The summed E-state index contributed by atoms with van der Waals surface area (Å²) in [6, 6.07) is 0. The predicted octanol–water partition coefficient (Wildman–Crippen LogP) is -1.12. The van der Waals surface area contributed by atoms with Crippen molar-refractivity contribution in [3.63, 3.8) is 0 Å². The van der Waals surface area contributed by atoms with Crippen molar-refractivity contribution in [1.82, 2.24) is 18.7 Å². The number of hydrogen-bond acceptors (Lipinski definition) is 4. The molecule has 0 aliphatic carbocycles. The molecule has 0 bridgehead atoms. The van der Waals surface area contributed by atoms with Crippen molar-refractivity contribution in [2.45, 2.75) is 20.0 Å². The molecule has 2 aromatic heterocycles. The van der Waals surface area contributed by atoms with Crippen molar-refractivity contribution in [2.75, 3.05) is 6.54 Å². The lowest BCUT2D eigenvalue weighted by atomic mass is 10.4. The zero-order valence-corrected chi connectivity index (χ0v) is 9.88. The maximum Gasteiger partial charge on any atom is 0.332 e. The van der Waals surface area contributed by atoms with Gasteiger partial charge in [0.1, 0.15) is 0 Å². The van der Waals surface area contributed by atoms with E-state index in [2.05, 4.69) is 4.98 Å². The quantitative estimate of drug-likeness (QED) is 0.732. The van der Waals surface area contributed by atoms with E-state index in [1.54, 1.807) is 11.6 Å². The fraction of sp³-hybridized carbons (Fsp3) is 0.500. The molecule has 17 heavy (non-hydrogen) atoms. The van der Waals surface area contributed by atoms with E-state index < -0.39 is 0 Å². The molecule has 2 N–H and O–H groups in total. The SMILES string of the molecule is CCn1c(=O)n(CCN)c(=O)c2c1ncn2C. The topological polar surface area (TPSA) is 87.8 Å². The van der Waals surface area contributed by atoms with E-state index in [0.717, 1.165) is 4.57 Å². The second-order valence-electron chi connectivity index (χ2n) is 3.80. The summed E-state index contributed by atoms with van der Waals surface area (Å²) < 4.78 is 4.26. The van der Waals surface area contributed by atoms with Gasteiger partial charge in [-0.2, -0.15) is 0 Å². The maximum absolute atomic E-state index is 12.1. The third kappa shape index (κ3) is 1.59. The van der Waals surface area contributed by atoms with Crippen molar-refractivity contribution in [3.05, 3.63) is 27.2 Å². The Morgan fingerprint density at radius 2 is 2.06 bits per heavy atom. The zero-order valence-electron chi connectivity index (χ0n) is 9.88. The van der Waals surface area contributed by atoms with Crippen LogP contribution >= 0.6 is 0 Å². The van der Waals surface area contributed by atoms with E-state index in [1.807, 2.05) is 6.92 Å². The molecule has 0 aliphatic heterocycles. The Hall–Kier alpha value is -1.89. The van der Waals surface area contributed by atoms with Crippen LogP contribution in [-0.4, -0.2) is 25.2 Å². The van der Waals surface area contributed by atoms with Crippen LogP contribution in [0.5, 0.6) is 0 Å². The van der Waals surface area contributed by atoms with Crippen LogP contribution < -0.4 is 17.0 Å². The van der Waals surface area contributed by atoms with Gasteiger partial charge in [-0.05, 0) is 6.92 Å². The first kappa shape index (κ1) is 11.6. The van der Waals surface area contributed by atoms with E-state index in [4.69, 9.17) is 5.73 Å². The van der Waals surface area contributed by atoms with Gasteiger partial charge in [-0.25, -0.2) is 9.78 Å². The number of aryl methyl sites for hydroxylation is 2. The summed E-state index contributed by atoms with van der Waals surface area (Å²) in [5, 5.41) is 0. The molecule has 2 heterocycles. The van der Waals surface area contributed by atoms with Crippen LogP contribution in [0.1, 0.15) is 6.92 Å². The molecule has 0 saturated heterocycles. The highest BCUT2D eigenvalue weighted by Crippen LogP contribution is 2.04. The highest BCUT2D eigenvalue weighted by atomic mass is 16.2. The molecule has 7 nitrogen and oxygen atoms in total. The molecule has 0 aromatic carbocycles. The summed E-state index contributed by atoms with van der Waals surface area (Å²) in [4.78, 5) is 28.3. The molecule has 2 aromatic rings. The molecule has 2 rings (SSSR count). The maximum atomic E-state index is 12.1. The van der Waals surface area contributed by atoms with Gasteiger partial charge in [-0.3, -0.25) is 13.9 Å². The van der Waals surface area contributed by atoms with Crippen LogP contribution in [0.2, 0.25) is 0 Å². The standard InChI is InChI=1S/C10H15N5O2/c1-3-14-8-7(13(2)6-12-8)9(16)15(5-4-11)10(14)17/h6H,3-5,11H2,1-2H3. The molecular weight excluding hydrogens is 222 g/mol. The Morgan fingerprint density at radius 3 is 2.65 bits per heavy atom. The third-order valence-corrected chi connectivity index (χ3v) is 2.75. The number of imidazole rings is 1. The van der Waals surface area contributed by atoms with E-state index in [-0.39, 0.29) is 24.3 Å². The zero-order chi connectivity index (χ0) is 12.6. The lowest BCUT2D eigenvalue weighted by molar-refractivity contribution is 0.585. The minimum atomic E-state index is -0.353. The van der Waals surface area contributed by atoms with E-state index in [1.165, 1.54) is 10.9 Å². The number of hydrogen-bond donors (Lipinski definition) is 1. The number of aromatic nitrogens is 4. The summed E-state index contributed by atoms with van der Waals surface area (Å²) in [7, 11) is 1.73. The Morgan fingerprint density at radius 1 is 1.35 bits per heavy atom. The van der Waals surface area contributed by atoms with Crippen LogP contribution in [0.4, 0.5) is 0 Å². The number of fused-ring (bicyclic) bond motifs is 1. The molecule has 0 saturated carbocycles. The summed E-state index contributed by atoms with van der Waals surface area (Å²) in [6.07, 6.45) is 1.53. The molecule has 0 radical (unpaired) electrons. The van der Waals surface area contributed by atoms with Gasteiger partial charge in [-0.1, -0.05) is 0 Å². The second kappa shape index (κ2) is 4.17. The molecule has 7 heteroatoms. The minimum absolute atomic E-state index is 0.221. The van der Waals surface area contributed by atoms with Crippen LogP contribution in [-0.2, 0) is 20.1 Å². The molecule has 0 atom stereocenters. The van der Waals surface area contributed by atoms with Gasteiger partial charge < -0.3 is 10.3 Å². The van der Waals surface area contributed by atoms with Crippen LogP contribution in [0.15, 0.2) is 15.9 Å². The van der Waals surface area contributed by atoms with E-state index in [0.29, 0.717) is 17.7 Å².